The lowest BCUT2D eigenvalue weighted by atomic mass is 9.94. The highest BCUT2D eigenvalue weighted by Crippen LogP contribution is 2.32. The van der Waals surface area contributed by atoms with E-state index in [1.165, 1.54) is 11.3 Å². The van der Waals surface area contributed by atoms with E-state index < -0.39 is 11.9 Å². The summed E-state index contributed by atoms with van der Waals surface area (Å²) in [6.07, 6.45) is 5.28. The summed E-state index contributed by atoms with van der Waals surface area (Å²) < 4.78 is 9.60. The maximum absolute atomic E-state index is 13.5. The number of carbonyl (C=O) groups excluding carboxylic acids is 2. The van der Waals surface area contributed by atoms with Gasteiger partial charge in [-0.3, -0.25) is 9.59 Å². The summed E-state index contributed by atoms with van der Waals surface area (Å²) in [6.45, 7) is 2.45. The predicted molar refractivity (Wildman–Crippen MR) is 124 cm³/mol. The van der Waals surface area contributed by atoms with E-state index in [0.29, 0.717) is 0 Å². The van der Waals surface area contributed by atoms with E-state index in [2.05, 4.69) is 9.69 Å². The number of aromatic nitrogens is 1. The van der Waals surface area contributed by atoms with Crippen molar-refractivity contribution in [1.29, 1.82) is 0 Å². The Balaban J connectivity index is 1.97. The largest absolute Gasteiger partial charge is 0.383 e. The molecule has 1 N–H and O–H groups in total. The smallest absolute Gasteiger partial charge is 0.276 e. The molecular formula is C22H27Cl2N3O3S. The lowest BCUT2D eigenvalue weighted by Gasteiger charge is -2.33. The van der Waals surface area contributed by atoms with Crippen LogP contribution >= 0.6 is 34.7 Å². The zero-order valence-electron chi connectivity index (χ0n) is 17.7. The number of nitrogens with one attached hydrogen (secondary N) is 1. The van der Waals surface area contributed by atoms with Gasteiger partial charge in [0.1, 0.15) is 15.4 Å². The molecule has 9 heteroatoms. The minimum atomic E-state index is -0.832. The van der Waals surface area contributed by atoms with Crippen LogP contribution in [0.4, 0.5) is 0 Å². The van der Waals surface area contributed by atoms with Gasteiger partial charge in [-0.05, 0) is 36.9 Å². The van der Waals surface area contributed by atoms with Crippen LogP contribution in [0.5, 0.6) is 0 Å². The highest BCUT2D eigenvalue weighted by atomic mass is 35.5. The molecule has 0 aliphatic heterocycles. The number of carbonyl (C=O) groups is 2. The molecule has 1 saturated carbocycles. The zero-order chi connectivity index (χ0) is 22.4. The number of ether oxygens (including phenoxy) is 1. The molecule has 2 aromatic rings. The van der Waals surface area contributed by atoms with E-state index in [9.17, 15) is 9.59 Å². The molecule has 0 unspecified atom stereocenters. The van der Waals surface area contributed by atoms with Crippen molar-refractivity contribution in [3.8, 4) is 0 Å². The second-order valence-corrected chi connectivity index (χ2v) is 9.52. The average Bonchev–Trinajstić information content (AvgIpc) is 3.10. The summed E-state index contributed by atoms with van der Waals surface area (Å²) in [5.41, 5.74) is 1.84. The second kappa shape index (κ2) is 11.3. The molecule has 1 fully saturated rings. The molecule has 6 nitrogen and oxygen atoms in total. The summed E-state index contributed by atoms with van der Waals surface area (Å²) in [6, 6.07) is 6.91. The fourth-order valence-electron chi connectivity index (χ4n) is 3.81. The number of benzene rings is 1. The number of nitrogens with zero attached hydrogens (tertiary/aromatic N) is 2. The first kappa shape index (κ1) is 24.0. The molecule has 2 amide bonds. The van der Waals surface area contributed by atoms with E-state index in [1.807, 2.05) is 31.2 Å². The summed E-state index contributed by atoms with van der Waals surface area (Å²) in [5.74, 6) is -0.660. The predicted octanol–water partition coefficient (Wildman–Crippen LogP) is 5.04. The van der Waals surface area contributed by atoms with Crippen molar-refractivity contribution in [2.45, 2.75) is 51.1 Å². The molecule has 31 heavy (non-hydrogen) atoms. The third-order valence-electron chi connectivity index (χ3n) is 5.50. The molecule has 3 rings (SSSR count). The zero-order valence-corrected chi connectivity index (χ0v) is 20.0. The molecule has 0 saturated heterocycles. The van der Waals surface area contributed by atoms with Crippen LogP contribution < -0.4 is 5.32 Å². The summed E-state index contributed by atoms with van der Waals surface area (Å²) in [7, 11) is 1.55. The van der Waals surface area contributed by atoms with Crippen LogP contribution in [0.3, 0.4) is 0 Å². The average molecular weight is 484 g/mol. The van der Waals surface area contributed by atoms with E-state index in [4.69, 9.17) is 27.9 Å². The van der Waals surface area contributed by atoms with Crippen LogP contribution in [0.25, 0.3) is 0 Å². The van der Waals surface area contributed by atoms with Crippen LogP contribution in [-0.4, -0.2) is 47.4 Å². The number of aryl methyl sites for hydroxylation is 1. The summed E-state index contributed by atoms with van der Waals surface area (Å²) in [5, 5.41) is 3.27. The van der Waals surface area contributed by atoms with Gasteiger partial charge in [-0.25, -0.2) is 0 Å². The molecule has 168 valence electrons. The quantitative estimate of drug-likeness (QED) is 0.570. The highest BCUT2D eigenvalue weighted by Gasteiger charge is 2.35. The molecular weight excluding hydrogens is 457 g/mol. The van der Waals surface area contributed by atoms with Gasteiger partial charge in [0.05, 0.1) is 6.61 Å². The first-order valence-corrected chi connectivity index (χ1v) is 11.9. The van der Waals surface area contributed by atoms with Gasteiger partial charge in [0.15, 0.2) is 5.69 Å². The van der Waals surface area contributed by atoms with Gasteiger partial charge in [0.25, 0.3) is 5.91 Å². The Hall–Kier alpha value is -1.67. The number of rotatable bonds is 8. The van der Waals surface area contributed by atoms with Crippen LogP contribution in [0, 0.1) is 6.92 Å². The Labute approximate surface area is 197 Å². The fourth-order valence-corrected chi connectivity index (χ4v) is 4.80. The summed E-state index contributed by atoms with van der Waals surface area (Å²) >= 11 is 13.2. The minimum Gasteiger partial charge on any atom is -0.383 e. The SMILES string of the molecule is COCCN(C(=O)c1nsc(Cl)c1Cl)[C@@H](C(=O)NC1CCCCC1)c1ccc(C)cc1. The Bertz CT molecular complexity index is 898. The van der Waals surface area contributed by atoms with E-state index >= 15 is 0 Å². The molecule has 1 aliphatic rings. The van der Waals surface area contributed by atoms with Gasteiger partial charge in [-0.1, -0.05) is 72.3 Å². The lowest BCUT2D eigenvalue weighted by Crippen LogP contribution is -2.48. The molecule has 1 aromatic heterocycles. The van der Waals surface area contributed by atoms with Crippen molar-refractivity contribution in [2.75, 3.05) is 20.3 Å². The van der Waals surface area contributed by atoms with Crippen molar-refractivity contribution in [3.63, 3.8) is 0 Å². The van der Waals surface area contributed by atoms with Crippen molar-refractivity contribution in [2.24, 2.45) is 0 Å². The van der Waals surface area contributed by atoms with Gasteiger partial charge in [0.2, 0.25) is 5.91 Å². The highest BCUT2D eigenvalue weighted by molar-refractivity contribution is 7.11. The molecule has 1 aliphatic carbocycles. The molecule has 0 spiro atoms. The summed E-state index contributed by atoms with van der Waals surface area (Å²) in [4.78, 5) is 28.4. The van der Waals surface area contributed by atoms with Gasteiger partial charge in [-0.2, -0.15) is 4.37 Å². The standard InChI is InChI=1S/C22H27Cl2N3O3S/c1-14-8-10-15(11-9-14)19(21(28)25-16-6-4-3-5-7-16)27(12-13-30-2)22(29)18-17(23)20(24)31-26-18/h8-11,16,19H,3-7,12-13H2,1-2H3,(H,25,28)/t19-/m1/s1. The van der Waals surface area contributed by atoms with Crippen LogP contribution in [0.1, 0.15) is 59.8 Å². The number of amides is 2. The topological polar surface area (TPSA) is 71.5 Å². The van der Waals surface area contributed by atoms with Crippen molar-refractivity contribution >= 4 is 46.5 Å². The Morgan fingerprint density at radius 1 is 1.23 bits per heavy atom. The number of halogens is 2. The number of hydrogen-bond acceptors (Lipinski definition) is 5. The first-order valence-electron chi connectivity index (χ1n) is 10.4. The Morgan fingerprint density at radius 2 is 1.90 bits per heavy atom. The monoisotopic (exact) mass is 483 g/mol. The third kappa shape index (κ3) is 5.98. The van der Waals surface area contributed by atoms with Crippen LogP contribution in [-0.2, 0) is 9.53 Å². The molecule has 1 atom stereocenters. The lowest BCUT2D eigenvalue weighted by molar-refractivity contribution is -0.127. The Kier molecular flexibility index (Phi) is 8.72. The molecule has 0 bridgehead atoms. The van der Waals surface area contributed by atoms with Gasteiger partial charge < -0.3 is 15.0 Å². The number of methoxy groups -OCH3 is 1. The van der Waals surface area contributed by atoms with Gasteiger partial charge >= 0.3 is 0 Å². The van der Waals surface area contributed by atoms with Crippen molar-refractivity contribution < 1.29 is 14.3 Å². The van der Waals surface area contributed by atoms with Gasteiger partial charge in [-0.15, -0.1) is 0 Å². The van der Waals surface area contributed by atoms with E-state index in [1.54, 1.807) is 7.11 Å². The molecule has 1 aromatic carbocycles. The van der Waals surface area contributed by atoms with Crippen LogP contribution in [0.2, 0.25) is 9.36 Å². The Morgan fingerprint density at radius 3 is 2.48 bits per heavy atom. The van der Waals surface area contributed by atoms with Gasteiger partial charge in [0, 0.05) is 19.7 Å². The normalized spacial score (nSPS) is 15.5. The first-order chi connectivity index (χ1) is 14.9. The maximum Gasteiger partial charge on any atom is 0.276 e. The molecule has 1 heterocycles. The van der Waals surface area contributed by atoms with Crippen molar-refractivity contribution in [1.82, 2.24) is 14.6 Å². The number of hydrogen-bond donors (Lipinski definition) is 1. The molecule has 0 radical (unpaired) electrons. The minimum absolute atomic E-state index is 0.0512. The van der Waals surface area contributed by atoms with Crippen molar-refractivity contribution in [3.05, 3.63) is 50.4 Å². The van der Waals surface area contributed by atoms with E-state index in [0.717, 1.165) is 48.3 Å². The third-order valence-corrected chi connectivity index (χ3v) is 7.11. The fraction of sp³-hybridized carbons (Fsp3) is 0.500. The maximum atomic E-state index is 13.5. The van der Waals surface area contributed by atoms with E-state index in [-0.39, 0.29) is 40.2 Å². The second-order valence-electron chi connectivity index (χ2n) is 7.77. The van der Waals surface area contributed by atoms with Crippen LogP contribution in [0.15, 0.2) is 24.3 Å².